The maximum absolute atomic E-state index is 6.69. The molecule has 6 rings (SSSR count). The van der Waals surface area contributed by atoms with E-state index in [1.807, 2.05) is 0 Å². The zero-order valence-electron chi connectivity index (χ0n) is 17.3. The van der Waals surface area contributed by atoms with Gasteiger partial charge in [0.05, 0.1) is 0 Å². The molecular weight excluding hydrogens is 384 g/mol. The Morgan fingerprint density at radius 2 is 0.828 bits per heavy atom. The van der Waals surface area contributed by atoms with Crippen molar-refractivity contribution in [2.24, 2.45) is 0 Å². The van der Waals surface area contributed by atoms with Gasteiger partial charge in [-0.05, 0) is 91.8 Å². The van der Waals surface area contributed by atoms with Crippen molar-refractivity contribution in [3.8, 4) is 0 Å². The van der Waals surface area contributed by atoms with Crippen molar-refractivity contribution in [2.45, 2.75) is 26.2 Å². The van der Waals surface area contributed by atoms with Gasteiger partial charge in [-0.1, -0.05) is 60.7 Å². The summed E-state index contributed by atoms with van der Waals surface area (Å²) in [6, 6.07) is 27.4. The van der Waals surface area contributed by atoms with Crippen molar-refractivity contribution in [1.82, 2.24) is 0 Å². The van der Waals surface area contributed by atoms with Crippen LogP contribution in [0.15, 0.2) is 72.8 Å². The molecular formula is C26H24OSi2. The molecule has 1 aliphatic rings. The Morgan fingerprint density at radius 3 is 1.21 bits per heavy atom. The monoisotopic (exact) mass is 408 g/mol. The van der Waals surface area contributed by atoms with Crippen LogP contribution in [0.25, 0.3) is 43.1 Å². The lowest BCUT2D eigenvalue weighted by Crippen LogP contribution is -2.43. The number of benzene rings is 5. The van der Waals surface area contributed by atoms with E-state index in [1.165, 1.54) is 53.5 Å². The minimum absolute atomic E-state index is 1.34. The van der Waals surface area contributed by atoms with E-state index in [-0.39, 0.29) is 0 Å². The Hall–Kier alpha value is -2.47. The van der Waals surface area contributed by atoms with Gasteiger partial charge in [0.2, 0.25) is 16.6 Å². The third kappa shape index (κ3) is 2.35. The highest BCUT2D eigenvalue weighted by atomic mass is 28.4. The van der Waals surface area contributed by atoms with Crippen LogP contribution in [0.1, 0.15) is 0 Å². The quantitative estimate of drug-likeness (QED) is 0.169. The highest BCUT2D eigenvalue weighted by molar-refractivity contribution is 7.06. The first-order valence-electron chi connectivity index (χ1n) is 10.4. The summed E-state index contributed by atoms with van der Waals surface area (Å²) in [5.74, 6) is 0. The van der Waals surface area contributed by atoms with E-state index >= 15 is 0 Å². The van der Waals surface area contributed by atoms with Gasteiger partial charge >= 0.3 is 0 Å². The first-order valence-corrected chi connectivity index (χ1v) is 16.2. The van der Waals surface area contributed by atoms with Crippen LogP contribution in [0.5, 0.6) is 0 Å². The van der Waals surface area contributed by atoms with Gasteiger partial charge in [0.1, 0.15) is 0 Å². The van der Waals surface area contributed by atoms with Gasteiger partial charge in [-0.3, -0.25) is 0 Å². The third-order valence-corrected chi connectivity index (χ3v) is 14.4. The lowest BCUT2D eigenvalue weighted by atomic mass is 9.92. The molecule has 0 aliphatic carbocycles. The molecule has 0 bridgehead atoms. The van der Waals surface area contributed by atoms with Gasteiger partial charge in [0.25, 0.3) is 0 Å². The summed E-state index contributed by atoms with van der Waals surface area (Å²) in [6.07, 6.45) is 0. The van der Waals surface area contributed by atoms with E-state index in [9.17, 15) is 0 Å². The molecule has 5 aromatic rings. The predicted octanol–water partition coefficient (Wildman–Crippen LogP) is 6.15. The molecule has 0 atom stereocenters. The Balaban J connectivity index is 1.82. The summed E-state index contributed by atoms with van der Waals surface area (Å²) in [7, 11) is -3.63. The Labute approximate surface area is 173 Å². The zero-order chi connectivity index (χ0) is 20.0. The van der Waals surface area contributed by atoms with E-state index in [2.05, 4.69) is 99.0 Å². The largest absolute Gasteiger partial charge is 0.449 e. The van der Waals surface area contributed by atoms with Crippen molar-refractivity contribution < 1.29 is 4.12 Å². The molecule has 0 N–H and O–H groups in total. The average Bonchev–Trinajstić information content (AvgIpc) is 2.89. The summed E-state index contributed by atoms with van der Waals surface area (Å²) in [5, 5.41) is 13.7. The Kier molecular flexibility index (Phi) is 3.34. The van der Waals surface area contributed by atoms with Gasteiger partial charge in [-0.2, -0.15) is 0 Å². The van der Waals surface area contributed by atoms with Gasteiger partial charge in [-0.25, -0.2) is 0 Å². The fourth-order valence-corrected chi connectivity index (χ4v) is 15.7. The fraction of sp³-hybridized carbons (Fsp3) is 0.154. The molecule has 5 aromatic carbocycles. The van der Waals surface area contributed by atoms with Crippen LogP contribution in [0.4, 0.5) is 0 Å². The standard InChI is InChI=1S/C26H24OSi2/c1-28(2)25-15-17-13-23-21-11-7-5-9-19(21)20-10-6-8-12-22(20)24(23)14-18(17)16-26(25)29(3,4)27-28/h5-16H,1-4H3. The Bertz CT molecular complexity index is 1370. The molecule has 142 valence electrons. The normalized spacial score (nSPS) is 17.4. The highest BCUT2D eigenvalue weighted by Gasteiger charge is 2.46. The second-order valence-electron chi connectivity index (χ2n) is 9.36. The molecule has 0 saturated carbocycles. The number of fused-ring (bicyclic) bond motifs is 8. The third-order valence-electron chi connectivity index (χ3n) is 6.65. The van der Waals surface area contributed by atoms with Gasteiger partial charge in [-0.15, -0.1) is 0 Å². The summed E-state index contributed by atoms with van der Waals surface area (Å²) in [6.45, 7) is 9.40. The van der Waals surface area contributed by atoms with Gasteiger partial charge in [0.15, 0.2) is 0 Å². The van der Waals surface area contributed by atoms with E-state index in [1.54, 1.807) is 0 Å². The fourth-order valence-electron chi connectivity index (χ4n) is 5.45. The van der Waals surface area contributed by atoms with Crippen LogP contribution in [-0.2, 0) is 4.12 Å². The molecule has 1 nitrogen and oxygen atoms in total. The maximum Gasteiger partial charge on any atom is 0.206 e. The minimum atomic E-state index is -1.82. The average molecular weight is 409 g/mol. The SMILES string of the molecule is C[Si]1(C)O[Si](C)(C)c2cc3cc4c5ccccc5c5ccccc5c4cc3cc21. The molecule has 1 aliphatic heterocycles. The summed E-state index contributed by atoms with van der Waals surface area (Å²) < 4.78 is 6.69. The number of rotatable bonds is 0. The number of hydrogen-bond acceptors (Lipinski definition) is 1. The molecule has 0 unspecified atom stereocenters. The van der Waals surface area contributed by atoms with Crippen LogP contribution >= 0.6 is 0 Å². The van der Waals surface area contributed by atoms with E-state index in [4.69, 9.17) is 4.12 Å². The van der Waals surface area contributed by atoms with E-state index in [0.29, 0.717) is 0 Å². The van der Waals surface area contributed by atoms with Gasteiger partial charge < -0.3 is 4.12 Å². The lowest BCUT2D eigenvalue weighted by molar-refractivity contribution is 0.583. The molecule has 0 aromatic heterocycles. The second kappa shape index (κ2) is 5.57. The first-order chi connectivity index (χ1) is 13.9. The van der Waals surface area contributed by atoms with Crippen LogP contribution in [0.2, 0.25) is 26.2 Å². The Morgan fingerprint density at radius 1 is 0.483 bits per heavy atom. The maximum atomic E-state index is 6.69. The zero-order valence-corrected chi connectivity index (χ0v) is 19.3. The van der Waals surface area contributed by atoms with Crippen molar-refractivity contribution >= 4 is 70.1 Å². The molecule has 29 heavy (non-hydrogen) atoms. The molecule has 0 spiro atoms. The first kappa shape index (κ1) is 17.4. The van der Waals surface area contributed by atoms with Crippen LogP contribution < -0.4 is 10.4 Å². The smallest absolute Gasteiger partial charge is 0.206 e. The lowest BCUT2D eigenvalue weighted by Gasteiger charge is -2.22. The van der Waals surface area contributed by atoms with Crippen molar-refractivity contribution in [3.05, 3.63) is 72.8 Å². The predicted molar refractivity (Wildman–Crippen MR) is 132 cm³/mol. The van der Waals surface area contributed by atoms with E-state index < -0.39 is 16.6 Å². The molecule has 0 fully saturated rings. The molecule has 0 saturated heterocycles. The molecule has 1 heterocycles. The topological polar surface area (TPSA) is 9.23 Å². The minimum Gasteiger partial charge on any atom is -0.449 e. The summed E-state index contributed by atoms with van der Waals surface area (Å²) in [4.78, 5) is 0. The van der Waals surface area contributed by atoms with Crippen molar-refractivity contribution in [2.75, 3.05) is 0 Å². The van der Waals surface area contributed by atoms with Crippen LogP contribution in [0, 0.1) is 0 Å². The molecule has 3 heteroatoms. The van der Waals surface area contributed by atoms with Crippen molar-refractivity contribution in [1.29, 1.82) is 0 Å². The summed E-state index contributed by atoms with van der Waals surface area (Å²) in [5.41, 5.74) is 0. The van der Waals surface area contributed by atoms with Gasteiger partial charge in [0, 0.05) is 0 Å². The van der Waals surface area contributed by atoms with Crippen LogP contribution in [0.3, 0.4) is 0 Å². The number of hydrogen-bond donors (Lipinski definition) is 0. The van der Waals surface area contributed by atoms with Crippen molar-refractivity contribution in [3.63, 3.8) is 0 Å². The molecule has 0 radical (unpaired) electrons. The summed E-state index contributed by atoms with van der Waals surface area (Å²) >= 11 is 0. The molecule has 0 amide bonds. The second-order valence-corrected chi connectivity index (χ2v) is 17.3. The van der Waals surface area contributed by atoms with E-state index in [0.717, 1.165) is 0 Å². The highest BCUT2D eigenvalue weighted by Crippen LogP contribution is 2.37. The van der Waals surface area contributed by atoms with Crippen LogP contribution in [-0.4, -0.2) is 16.6 Å².